The van der Waals surface area contributed by atoms with E-state index in [4.69, 9.17) is 0 Å². The Morgan fingerprint density at radius 2 is 0.600 bits per heavy atom. The maximum atomic E-state index is 0. The summed E-state index contributed by atoms with van der Waals surface area (Å²) in [5, 5.41) is 0. The molecule has 0 atom stereocenters. The zero-order valence-electron chi connectivity index (χ0n) is 1.50. The van der Waals surface area contributed by atoms with Gasteiger partial charge in [0.05, 0.1) is 0 Å². The third-order valence-electron chi connectivity index (χ3n) is 0. The molecule has 0 aliphatic rings. The fourth-order valence-corrected chi connectivity index (χ4v) is 0. The average Bonchev–Trinajstić information content (AvgIpc) is 0. The molecule has 34 valence electrons. The van der Waals surface area contributed by atoms with Crippen molar-refractivity contribution in [3.63, 3.8) is 0 Å². The van der Waals surface area contributed by atoms with Crippen molar-refractivity contribution < 1.29 is 16.4 Å². The zero-order valence-corrected chi connectivity index (χ0v) is 1.50. The molecule has 0 amide bonds. The topological polar surface area (TPSA) is 94.5 Å². The first-order chi connectivity index (χ1) is 0. The Morgan fingerprint density at radius 3 is 0.600 bits per heavy atom. The fraction of sp³-hybridized carbons (Fsp3) is 0. The SMILES string of the molecule is O.O.O.[AlH3].[BaH2]. The summed E-state index contributed by atoms with van der Waals surface area (Å²) in [5.41, 5.74) is 0. The van der Waals surface area contributed by atoms with E-state index < -0.39 is 0 Å². The quantitative estimate of drug-likeness (QED) is 0.370. The Hall–Kier alpha value is 1.98. The van der Waals surface area contributed by atoms with Crippen molar-refractivity contribution in [2.75, 3.05) is 0 Å². The molecule has 0 aromatic heterocycles. The molecular weight excluding hydrogens is 212 g/mol. The molecule has 0 saturated carbocycles. The summed E-state index contributed by atoms with van der Waals surface area (Å²) in [4.78, 5) is 0. The van der Waals surface area contributed by atoms with Crippen molar-refractivity contribution in [3.05, 3.63) is 0 Å². The van der Waals surface area contributed by atoms with Gasteiger partial charge < -0.3 is 16.4 Å². The van der Waals surface area contributed by atoms with E-state index in [0.717, 1.165) is 0 Å². The van der Waals surface area contributed by atoms with E-state index in [1.807, 2.05) is 0 Å². The van der Waals surface area contributed by atoms with Gasteiger partial charge in [-0.05, 0) is 0 Å². The first-order valence-electron chi connectivity index (χ1n) is 0. The van der Waals surface area contributed by atoms with Gasteiger partial charge in [0.2, 0.25) is 0 Å². The van der Waals surface area contributed by atoms with Crippen molar-refractivity contribution in [2.45, 2.75) is 0 Å². The van der Waals surface area contributed by atoms with Crippen molar-refractivity contribution in [3.8, 4) is 0 Å². The van der Waals surface area contributed by atoms with Gasteiger partial charge in [-0.3, -0.25) is 0 Å². The Labute approximate surface area is 81.3 Å². The van der Waals surface area contributed by atoms with Crippen LogP contribution in [-0.2, 0) is 0 Å². The molecule has 0 spiro atoms. The van der Waals surface area contributed by atoms with E-state index in [2.05, 4.69) is 0 Å². The summed E-state index contributed by atoms with van der Waals surface area (Å²) in [6.07, 6.45) is 0. The van der Waals surface area contributed by atoms with Crippen LogP contribution in [0.15, 0.2) is 0 Å². The van der Waals surface area contributed by atoms with Crippen molar-refractivity contribution >= 4 is 66.2 Å². The molecule has 5 heteroatoms. The van der Waals surface area contributed by atoms with E-state index >= 15 is 0 Å². The van der Waals surface area contributed by atoms with Crippen LogP contribution in [0.3, 0.4) is 0 Å². The summed E-state index contributed by atoms with van der Waals surface area (Å²) < 4.78 is 0. The van der Waals surface area contributed by atoms with Crippen LogP contribution in [0.5, 0.6) is 0 Å². The van der Waals surface area contributed by atoms with Gasteiger partial charge in [0.25, 0.3) is 0 Å². The summed E-state index contributed by atoms with van der Waals surface area (Å²) in [7, 11) is 0. The van der Waals surface area contributed by atoms with Crippen molar-refractivity contribution in [1.29, 1.82) is 0 Å². The van der Waals surface area contributed by atoms with Crippen LogP contribution in [0, 0.1) is 0 Å². The average molecular weight is 223 g/mol. The van der Waals surface area contributed by atoms with Gasteiger partial charge in [-0.15, -0.1) is 0 Å². The van der Waals surface area contributed by atoms with Crippen LogP contribution < -0.4 is 0 Å². The van der Waals surface area contributed by atoms with Crippen LogP contribution in [0.2, 0.25) is 0 Å². The molecular formula is H11AlBaO3. The predicted molar refractivity (Wildman–Crippen MR) is 29.3 cm³/mol. The third-order valence-corrected chi connectivity index (χ3v) is 0. The molecule has 0 aliphatic heterocycles. The molecule has 0 aromatic rings. The minimum absolute atomic E-state index is 0. The zero-order chi connectivity index (χ0) is 0. The Kier molecular flexibility index (Phi) is 480. The standard InChI is InChI=1S/Al.Ba.3H2O.5H/h;;3*1H2;;;;;. The predicted octanol–water partition coefficient (Wildman–Crippen LogP) is -4.57. The van der Waals surface area contributed by atoms with E-state index in [0.29, 0.717) is 0 Å². The summed E-state index contributed by atoms with van der Waals surface area (Å²) in [6.45, 7) is 0. The maximum absolute atomic E-state index is 0. The second-order valence-electron chi connectivity index (χ2n) is 0. The van der Waals surface area contributed by atoms with Gasteiger partial charge in [-0.25, -0.2) is 0 Å². The molecule has 0 fully saturated rings. The molecule has 0 radical (unpaired) electrons. The van der Waals surface area contributed by atoms with Crippen LogP contribution in [0.1, 0.15) is 0 Å². The van der Waals surface area contributed by atoms with E-state index in [-0.39, 0.29) is 82.7 Å². The van der Waals surface area contributed by atoms with Crippen LogP contribution >= 0.6 is 0 Å². The summed E-state index contributed by atoms with van der Waals surface area (Å²) in [6, 6.07) is 0. The van der Waals surface area contributed by atoms with Gasteiger partial charge in [0, 0.05) is 0 Å². The van der Waals surface area contributed by atoms with Gasteiger partial charge in [0.15, 0.2) is 17.4 Å². The fourth-order valence-electron chi connectivity index (χ4n) is 0. The molecule has 0 unspecified atom stereocenters. The molecule has 0 rings (SSSR count). The Bertz CT molecular complexity index is 6.85. The first-order valence-corrected chi connectivity index (χ1v) is 0. The summed E-state index contributed by atoms with van der Waals surface area (Å²) >= 11 is 0. The second kappa shape index (κ2) is 37.8. The van der Waals surface area contributed by atoms with Crippen LogP contribution in [-0.4, -0.2) is 82.7 Å². The number of hydrogen-bond donors (Lipinski definition) is 0. The van der Waals surface area contributed by atoms with Crippen LogP contribution in [0.4, 0.5) is 0 Å². The van der Waals surface area contributed by atoms with Crippen molar-refractivity contribution in [1.82, 2.24) is 0 Å². The number of hydrogen-bond acceptors (Lipinski definition) is 0. The van der Waals surface area contributed by atoms with E-state index in [1.165, 1.54) is 0 Å². The molecule has 6 N–H and O–H groups in total. The second-order valence-corrected chi connectivity index (χ2v) is 0. The normalized spacial score (nSPS) is 0. The van der Waals surface area contributed by atoms with Crippen LogP contribution in [0.25, 0.3) is 0 Å². The molecule has 3 nitrogen and oxygen atoms in total. The molecule has 0 aliphatic carbocycles. The van der Waals surface area contributed by atoms with Gasteiger partial charge in [0.1, 0.15) is 0 Å². The monoisotopic (exact) mass is 224 g/mol. The molecule has 0 aromatic carbocycles. The van der Waals surface area contributed by atoms with Gasteiger partial charge >= 0.3 is 48.9 Å². The molecule has 0 heterocycles. The van der Waals surface area contributed by atoms with Crippen molar-refractivity contribution in [2.24, 2.45) is 0 Å². The molecule has 0 saturated heterocycles. The molecule has 0 bridgehead atoms. The minimum atomic E-state index is 0. The molecule has 5 heavy (non-hydrogen) atoms. The summed E-state index contributed by atoms with van der Waals surface area (Å²) in [5.74, 6) is 0. The first kappa shape index (κ1) is 63.5. The number of rotatable bonds is 0. The van der Waals surface area contributed by atoms with E-state index in [1.54, 1.807) is 0 Å². The van der Waals surface area contributed by atoms with E-state index in [9.17, 15) is 0 Å². The third kappa shape index (κ3) is 24.1. The van der Waals surface area contributed by atoms with Gasteiger partial charge in [-0.2, -0.15) is 0 Å². The van der Waals surface area contributed by atoms with Gasteiger partial charge in [-0.1, -0.05) is 0 Å². The Morgan fingerprint density at radius 1 is 0.600 bits per heavy atom. The Balaban J connectivity index is 0.